The Bertz CT molecular complexity index is 1100. The van der Waals surface area contributed by atoms with Gasteiger partial charge in [-0.05, 0) is 25.0 Å². The number of nitrogens with zero attached hydrogens (tertiary/aromatic N) is 2. The van der Waals surface area contributed by atoms with Crippen LogP contribution >= 0.6 is 0 Å². The highest BCUT2D eigenvalue weighted by molar-refractivity contribution is 7.96. The second kappa shape index (κ2) is 8.93. The Hall–Kier alpha value is -2.14. The largest absolute Gasteiger partial charge is 0.441 e. The second-order valence-corrected chi connectivity index (χ2v) is 11.0. The maximum Gasteiger partial charge on any atom is 0.347 e. The summed E-state index contributed by atoms with van der Waals surface area (Å²) in [7, 11) is -7.16. The van der Waals surface area contributed by atoms with Gasteiger partial charge in [0.1, 0.15) is 11.5 Å². The van der Waals surface area contributed by atoms with Crippen LogP contribution in [0.2, 0.25) is 0 Å². The zero-order chi connectivity index (χ0) is 22.7. The average Bonchev–Trinajstić information content (AvgIpc) is 2.65. The molecule has 166 valence electrons. The van der Waals surface area contributed by atoms with E-state index in [1.165, 1.54) is 26.1 Å². The minimum Gasteiger partial charge on any atom is -0.441 e. The number of allylic oxidation sites excluding steroid dienone is 4. The van der Waals surface area contributed by atoms with Crippen molar-refractivity contribution in [3.8, 4) is 0 Å². The van der Waals surface area contributed by atoms with E-state index in [1.54, 1.807) is 6.92 Å². The predicted octanol–water partition coefficient (Wildman–Crippen LogP) is 3.69. The summed E-state index contributed by atoms with van der Waals surface area (Å²) in [4.78, 5) is 7.64. The van der Waals surface area contributed by atoms with Crippen molar-refractivity contribution in [1.29, 1.82) is 0 Å². The van der Waals surface area contributed by atoms with Gasteiger partial charge in [0.05, 0.1) is 21.3 Å². The van der Waals surface area contributed by atoms with Gasteiger partial charge < -0.3 is 4.74 Å². The van der Waals surface area contributed by atoms with E-state index in [-0.39, 0.29) is 40.8 Å². The van der Waals surface area contributed by atoms with Gasteiger partial charge in [-0.15, -0.1) is 0 Å². The van der Waals surface area contributed by atoms with Gasteiger partial charge in [0.2, 0.25) is 15.7 Å². The fourth-order valence-corrected chi connectivity index (χ4v) is 5.00. The third-order valence-corrected chi connectivity index (χ3v) is 7.99. The molecule has 2 rings (SSSR count). The predicted molar refractivity (Wildman–Crippen MR) is 113 cm³/mol. The number of halogens is 2. The van der Waals surface area contributed by atoms with Crippen LogP contribution in [-0.2, 0) is 24.4 Å². The van der Waals surface area contributed by atoms with Crippen LogP contribution < -0.4 is 0 Å². The van der Waals surface area contributed by atoms with Gasteiger partial charge in [0.25, 0.3) is 0 Å². The Kier molecular flexibility index (Phi) is 7.18. The van der Waals surface area contributed by atoms with E-state index in [0.29, 0.717) is 19.1 Å². The molecule has 1 heterocycles. The zero-order valence-corrected chi connectivity index (χ0v) is 18.8. The summed E-state index contributed by atoms with van der Waals surface area (Å²) < 4.78 is 82.4. The highest BCUT2D eigenvalue weighted by atomic mass is 32.2. The van der Waals surface area contributed by atoms with Gasteiger partial charge in [-0.1, -0.05) is 26.0 Å². The number of aliphatic imine (C=N–C) groups is 2. The van der Waals surface area contributed by atoms with E-state index in [2.05, 4.69) is 9.98 Å². The first-order chi connectivity index (χ1) is 13.9. The summed E-state index contributed by atoms with van der Waals surface area (Å²) in [5.74, 6) is 0.112. The number of hydrogen-bond donors (Lipinski definition) is 0. The van der Waals surface area contributed by atoms with Crippen molar-refractivity contribution >= 4 is 31.3 Å². The molecule has 1 aliphatic heterocycles. The summed E-state index contributed by atoms with van der Waals surface area (Å²) in [6.45, 7) is 3.58. The highest BCUT2D eigenvalue weighted by Gasteiger charge is 2.42. The molecule has 0 atom stereocenters. The molecule has 0 amide bonds. The lowest BCUT2D eigenvalue weighted by Crippen LogP contribution is -2.28. The molecule has 0 unspecified atom stereocenters. The Labute approximate surface area is 175 Å². The number of ether oxygens (including phenoxy) is 1. The molecule has 0 N–H and O–H groups in total. The van der Waals surface area contributed by atoms with Crippen molar-refractivity contribution in [1.82, 2.24) is 0 Å². The van der Waals surface area contributed by atoms with Crippen LogP contribution in [0.3, 0.4) is 0 Å². The summed E-state index contributed by atoms with van der Waals surface area (Å²) in [6.07, 6.45) is 5.80. The Morgan fingerprint density at radius 3 is 2.47 bits per heavy atom. The normalized spacial score (nSPS) is 24.2. The summed E-state index contributed by atoms with van der Waals surface area (Å²) >= 11 is 0. The maximum absolute atomic E-state index is 13.6. The summed E-state index contributed by atoms with van der Waals surface area (Å²) in [5, 5.41) is -3.96. The van der Waals surface area contributed by atoms with Crippen molar-refractivity contribution in [3.05, 3.63) is 45.6 Å². The fourth-order valence-electron chi connectivity index (χ4n) is 2.78. The van der Waals surface area contributed by atoms with E-state index in [4.69, 9.17) is 4.74 Å². The lowest BCUT2D eigenvalue weighted by atomic mass is 10.1. The molecular weight excluding hydrogens is 438 g/mol. The monoisotopic (exact) mass is 462 g/mol. The molecule has 0 spiro atoms. The maximum atomic E-state index is 13.6. The van der Waals surface area contributed by atoms with Crippen LogP contribution in [0.5, 0.6) is 0 Å². The third-order valence-electron chi connectivity index (χ3n) is 4.35. The topological polar surface area (TPSA) is 102 Å². The summed E-state index contributed by atoms with van der Waals surface area (Å²) in [6, 6.07) is 0. The van der Waals surface area contributed by atoms with Gasteiger partial charge in [-0.3, -0.25) is 4.99 Å². The summed E-state index contributed by atoms with van der Waals surface area (Å²) in [5.41, 5.74) is 0.136. The first kappa shape index (κ1) is 24.1. The van der Waals surface area contributed by atoms with Crippen molar-refractivity contribution < 1.29 is 30.4 Å². The minimum atomic E-state index is -4.90. The van der Waals surface area contributed by atoms with Gasteiger partial charge >= 0.3 is 5.25 Å². The smallest absolute Gasteiger partial charge is 0.347 e. The van der Waals surface area contributed by atoms with Crippen LogP contribution in [0.25, 0.3) is 0 Å². The van der Waals surface area contributed by atoms with E-state index in [0.717, 1.165) is 12.2 Å². The molecule has 0 aromatic rings. The molecule has 0 radical (unpaired) electrons. The first-order valence-electron chi connectivity index (χ1n) is 9.26. The average molecular weight is 463 g/mol. The lowest BCUT2D eigenvalue weighted by molar-refractivity contribution is 0.115. The molecular formula is C19H24F2N2O5S2. The SMILES string of the molecule is CC/C=C(\C(=N/C)C1=N/C2=C/C(S(=O)(=O)C(C)(F)F)=C\C/C=C(\C2)O1)S(=O)(=O)CC. The molecule has 1 aliphatic carbocycles. The number of hydrogen-bond acceptors (Lipinski definition) is 7. The minimum absolute atomic E-state index is 0.00928. The number of sulfone groups is 2. The van der Waals surface area contributed by atoms with Crippen molar-refractivity contribution in [2.45, 2.75) is 45.3 Å². The third kappa shape index (κ3) is 4.94. The molecule has 7 nitrogen and oxygen atoms in total. The van der Waals surface area contributed by atoms with Crippen LogP contribution in [0, 0.1) is 0 Å². The Balaban J connectivity index is 2.62. The number of fused-ring (bicyclic) bond motifs is 2. The van der Waals surface area contributed by atoms with Gasteiger partial charge in [-0.2, -0.15) is 8.78 Å². The van der Waals surface area contributed by atoms with Crippen LogP contribution in [0.15, 0.2) is 55.6 Å². The van der Waals surface area contributed by atoms with Crippen molar-refractivity contribution in [3.63, 3.8) is 0 Å². The quantitative estimate of drug-likeness (QED) is 0.537. The van der Waals surface area contributed by atoms with Crippen molar-refractivity contribution in [2.24, 2.45) is 9.98 Å². The van der Waals surface area contributed by atoms with E-state index >= 15 is 0 Å². The van der Waals surface area contributed by atoms with Crippen LogP contribution in [-0.4, -0.2) is 46.5 Å². The second-order valence-electron chi connectivity index (χ2n) is 6.61. The highest BCUT2D eigenvalue weighted by Crippen LogP contribution is 2.33. The van der Waals surface area contributed by atoms with Gasteiger partial charge in [0, 0.05) is 20.4 Å². The molecule has 11 heteroatoms. The lowest BCUT2D eigenvalue weighted by Gasteiger charge is -2.22. The molecule has 0 fully saturated rings. The van der Waals surface area contributed by atoms with E-state index in [1.807, 2.05) is 0 Å². The first-order valence-corrected chi connectivity index (χ1v) is 12.4. The number of rotatable bonds is 7. The fraction of sp³-hybridized carbons (Fsp3) is 0.474. The molecule has 2 aliphatic rings. The van der Waals surface area contributed by atoms with Crippen LogP contribution in [0.1, 0.15) is 40.0 Å². The molecule has 0 aromatic heterocycles. The van der Waals surface area contributed by atoms with E-state index in [9.17, 15) is 25.6 Å². The standard InChI is InChI=1S/C19H24F2N2O5S2/c1-5-8-16(29(24,25)6-2)17(22-4)18-23-13-11-14(28-18)9-7-10-15(12-13)30(26,27)19(3,20)21/h8-10,12H,5-7,11H2,1-4H3/b13-12+,14-9+,15-10+,16-8+,22-17+. The molecule has 0 saturated carbocycles. The van der Waals surface area contributed by atoms with Crippen molar-refractivity contribution in [2.75, 3.05) is 12.8 Å². The molecule has 2 bridgehead atoms. The Morgan fingerprint density at radius 2 is 1.93 bits per heavy atom. The molecule has 0 aromatic carbocycles. The Morgan fingerprint density at radius 1 is 1.27 bits per heavy atom. The number of alkyl halides is 2. The zero-order valence-electron chi connectivity index (χ0n) is 17.1. The van der Waals surface area contributed by atoms with E-state index < -0.39 is 29.8 Å². The van der Waals surface area contributed by atoms with Gasteiger partial charge in [-0.25, -0.2) is 21.8 Å². The molecule has 0 saturated heterocycles. The molecule has 30 heavy (non-hydrogen) atoms. The van der Waals surface area contributed by atoms with Gasteiger partial charge in [0.15, 0.2) is 9.84 Å². The van der Waals surface area contributed by atoms with Crippen LogP contribution in [0.4, 0.5) is 8.78 Å².